The van der Waals surface area contributed by atoms with Crippen LogP contribution in [0.4, 0.5) is 5.69 Å². The van der Waals surface area contributed by atoms with Gasteiger partial charge in [-0.25, -0.2) is 0 Å². The van der Waals surface area contributed by atoms with Crippen molar-refractivity contribution >= 4 is 5.69 Å². The quantitative estimate of drug-likeness (QED) is 0.592. The third-order valence-electron chi connectivity index (χ3n) is 5.82. The molecule has 1 heterocycles. The van der Waals surface area contributed by atoms with Gasteiger partial charge >= 0.3 is 0 Å². The van der Waals surface area contributed by atoms with Crippen molar-refractivity contribution in [3.63, 3.8) is 0 Å². The average molecular weight is 366 g/mol. The van der Waals surface area contributed by atoms with E-state index in [9.17, 15) is 0 Å². The molecular weight excluding hydrogens is 330 g/mol. The Morgan fingerprint density at radius 1 is 1.07 bits per heavy atom. The van der Waals surface area contributed by atoms with Gasteiger partial charge in [0.2, 0.25) is 0 Å². The lowest BCUT2D eigenvalue weighted by molar-refractivity contribution is 0.172. The predicted octanol–water partition coefficient (Wildman–Crippen LogP) is 6.81. The second-order valence-corrected chi connectivity index (χ2v) is 9.84. The number of anilines is 1. The van der Waals surface area contributed by atoms with Crippen LogP contribution in [0.3, 0.4) is 0 Å². The van der Waals surface area contributed by atoms with E-state index >= 15 is 0 Å². The fourth-order valence-electron chi connectivity index (χ4n) is 4.53. The van der Waals surface area contributed by atoms with Gasteiger partial charge in [0.25, 0.3) is 0 Å². The molecule has 0 saturated heterocycles. The van der Waals surface area contributed by atoms with Gasteiger partial charge in [-0.05, 0) is 80.3 Å². The third kappa shape index (κ3) is 4.00. The molecule has 146 valence electrons. The molecular formula is C25H35NO. The monoisotopic (exact) mass is 365 g/mol. The van der Waals surface area contributed by atoms with Crippen LogP contribution in [-0.4, -0.2) is 11.8 Å². The zero-order chi connectivity index (χ0) is 20.0. The summed E-state index contributed by atoms with van der Waals surface area (Å²) in [6.07, 6.45) is 1.09. The third-order valence-corrected chi connectivity index (χ3v) is 5.82. The smallest absolute Gasteiger partial charge is 0.169 e. The number of benzene rings is 2. The number of ether oxygens (including phenoxy) is 1. The van der Waals surface area contributed by atoms with Crippen molar-refractivity contribution in [3.05, 3.63) is 59.2 Å². The Morgan fingerprint density at radius 2 is 1.70 bits per heavy atom. The summed E-state index contributed by atoms with van der Waals surface area (Å²) in [6.45, 7) is 18.0. The van der Waals surface area contributed by atoms with E-state index in [1.54, 1.807) is 0 Å². The fourth-order valence-corrected chi connectivity index (χ4v) is 4.53. The molecule has 3 rings (SSSR count). The number of hydrogen-bond donors (Lipinski definition) is 0. The van der Waals surface area contributed by atoms with Crippen molar-refractivity contribution in [1.82, 2.24) is 0 Å². The van der Waals surface area contributed by atoms with Gasteiger partial charge < -0.3 is 9.64 Å². The highest BCUT2D eigenvalue weighted by atomic mass is 16.5. The Bertz CT molecular complexity index is 798. The minimum atomic E-state index is -0.0338. The van der Waals surface area contributed by atoms with Crippen molar-refractivity contribution < 1.29 is 4.74 Å². The first-order valence-electron chi connectivity index (χ1n) is 10.2. The maximum atomic E-state index is 6.41. The molecule has 0 fully saturated rings. The lowest BCUT2D eigenvalue weighted by Gasteiger charge is -2.50. The van der Waals surface area contributed by atoms with Gasteiger partial charge in [-0.15, -0.1) is 0 Å². The summed E-state index contributed by atoms with van der Waals surface area (Å²) in [6, 6.07) is 15.4. The molecule has 2 aromatic rings. The Kier molecular flexibility index (Phi) is 5.05. The SMILES string of the molecule is Cc1ccc2c(c1)N(C(C)Oc1ccc(C(C)(C)C)cc1)C(C)(C)CC2C. The van der Waals surface area contributed by atoms with E-state index in [1.807, 2.05) is 0 Å². The largest absolute Gasteiger partial charge is 0.471 e. The molecule has 2 atom stereocenters. The molecule has 2 unspecified atom stereocenters. The Morgan fingerprint density at radius 3 is 2.30 bits per heavy atom. The zero-order valence-electron chi connectivity index (χ0n) is 18.3. The molecule has 0 bridgehead atoms. The van der Waals surface area contributed by atoms with Crippen LogP contribution in [0.15, 0.2) is 42.5 Å². The molecule has 2 aromatic carbocycles. The van der Waals surface area contributed by atoms with Gasteiger partial charge in [-0.1, -0.05) is 52.0 Å². The average Bonchev–Trinajstić information content (AvgIpc) is 2.53. The number of nitrogens with zero attached hydrogens (tertiary/aromatic N) is 1. The fraction of sp³-hybridized carbons (Fsp3) is 0.520. The lowest BCUT2D eigenvalue weighted by atomic mass is 9.79. The van der Waals surface area contributed by atoms with Gasteiger partial charge in [0.05, 0.1) is 0 Å². The van der Waals surface area contributed by atoms with Gasteiger partial charge in [-0.3, -0.25) is 0 Å². The van der Waals surface area contributed by atoms with E-state index in [1.165, 1.54) is 22.4 Å². The molecule has 2 heteroatoms. The Balaban J connectivity index is 1.90. The van der Waals surface area contributed by atoms with Crippen LogP contribution in [-0.2, 0) is 5.41 Å². The molecule has 1 aliphatic rings. The van der Waals surface area contributed by atoms with Crippen molar-refractivity contribution in [1.29, 1.82) is 0 Å². The second-order valence-electron chi connectivity index (χ2n) is 9.84. The number of fused-ring (bicyclic) bond motifs is 1. The van der Waals surface area contributed by atoms with E-state index in [0.29, 0.717) is 5.92 Å². The van der Waals surface area contributed by atoms with Gasteiger partial charge in [0.1, 0.15) is 5.75 Å². The second kappa shape index (κ2) is 6.89. The summed E-state index contributed by atoms with van der Waals surface area (Å²) < 4.78 is 6.41. The highest BCUT2D eigenvalue weighted by Crippen LogP contribution is 2.45. The van der Waals surface area contributed by atoms with Crippen LogP contribution in [0, 0.1) is 6.92 Å². The highest BCUT2D eigenvalue weighted by Gasteiger charge is 2.39. The van der Waals surface area contributed by atoms with E-state index in [4.69, 9.17) is 4.74 Å². The first-order valence-corrected chi connectivity index (χ1v) is 10.2. The van der Waals surface area contributed by atoms with E-state index in [-0.39, 0.29) is 17.2 Å². The Labute approximate surface area is 165 Å². The molecule has 0 spiro atoms. The van der Waals surface area contributed by atoms with E-state index < -0.39 is 0 Å². The number of rotatable bonds is 3. The maximum Gasteiger partial charge on any atom is 0.169 e. The van der Waals surface area contributed by atoms with Crippen molar-refractivity contribution in [3.8, 4) is 5.75 Å². The number of hydrogen-bond acceptors (Lipinski definition) is 2. The van der Waals surface area contributed by atoms with Crippen LogP contribution in [0.25, 0.3) is 0 Å². The van der Waals surface area contributed by atoms with Crippen LogP contribution in [0.2, 0.25) is 0 Å². The normalized spacial score (nSPS) is 20.1. The van der Waals surface area contributed by atoms with Gasteiger partial charge in [0, 0.05) is 11.2 Å². The summed E-state index contributed by atoms with van der Waals surface area (Å²) in [4.78, 5) is 2.47. The summed E-state index contributed by atoms with van der Waals surface area (Å²) in [7, 11) is 0. The van der Waals surface area contributed by atoms with Crippen molar-refractivity contribution in [2.75, 3.05) is 4.90 Å². The minimum Gasteiger partial charge on any atom is -0.471 e. The van der Waals surface area contributed by atoms with Crippen molar-refractivity contribution in [2.45, 2.75) is 84.9 Å². The van der Waals surface area contributed by atoms with Crippen LogP contribution < -0.4 is 9.64 Å². The summed E-state index contributed by atoms with van der Waals surface area (Å²) in [5.41, 5.74) is 5.58. The minimum absolute atomic E-state index is 0.0338. The molecule has 0 aromatic heterocycles. The lowest BCUT2D eigenvalue weighted by Crippen LogP contribution is -2.54. The zero-order valence-corrected chi connectivity index (χ0v) is 18.3. The van der Waals surface area contributed by atoms with Crippen LogP contribution in [0.1, 0.15) is 77.5 Å². The standard InChI is InChI=1S/C25H35NO/c1-17-9-14-22-18(2)16-25(7,8)26(23(22)15-17)19(3)27-21-12-10-20(11-13-21)24(4,5)6/h9-15,18-19H,16H2,1-8H3. The topological polar surface area (TPSA) is 12.5 Å². The summed E-state index contributed by atoms with van der Waals surface area (Å²) in [5.74, 6) is 1.49. The first-order chi connectivity index (χ1) is 12.5. The highest BCUT2D eigenvalue weighted by molar-refractivity contribution is 5.61. The van der Waals surface area contributed by atoms with Crippen molar-refractivity contribution in [2.24, 2.45) is 0 Å². The molecule has 27 heavy (non-hydrogen) atoms. The molecule has 2 nitrogen and oxygen atoms in total. The number of aryl methyl sites for hydroxylation is 1. The van der Waals surface area contributed by atoms with Gasteiger partial charge in [-0.2, -0.15) is 0 Å². The Hall–Kier alpha value is -1.96. The van der Waals surface area contributed by atoms with Crippen LogP contribution in [0.5, 0.6) is 5.75 Å². The molecule has 0 amide bonds. The first kappa shape index (κ1) is 19.8. The van der Waals surface area contributed by atoms with Crippen LogP contribution >= 0.6 is 0 Å². The summed E-state index contributed by atoms with van der Waals surface area (Å²) >= 11 is 0. The summed E-state index contributed by atoms with van der Waals surface area (Å²) in [5, 5.41) is 0. The molecule has 0 radical (unpaired) electrons. The molecule has 0 saturated carbocycles. The predicted molar refractivity (Wildman–Crippen MR) is 116 cm³/mol. The van der Waals surface area contributed by atoms with E-state index in [0.717, 1.165) is 12.2 Å². The molecule has 0 N–H and O–H groups in total. The van der Waals surface area contributed by atoms with Gasteiger partial charge in [0.15, 0.2) is 6.23 Å². The van der Waals surface area contributed by atoms with E-state index in [2.05, 4.69) is 103 Å². The molecule has 1 aliphatic heterocycles. The maximum absolute atomic E-state index is 6.41. The molecule has 0 aliphatic carbocycles.